The second kappa shape index (κ2) is 4.63. The van der Waals surface area contributed by atoms with Crippen LogP contribution >= 0.6 is 0 Å². The van der Waals surface area contributed by atoms with Gasteiger partial charge in [-0.3, -0.25) is 0 Å². The first-order valence-electron chi connectivity index (χ1n) is 6.52. The lowest BCUT2D eigenvalue weighted by molar-refractivity contribution is 0.313. The van der Waals surface area contributed by atoms with Crippen molar-refractivity contribution in [2.24, 2.45) is 5.73 Å². The summed E-state index contributed by atoms with van der Waals surface area (Å²) in [6, 6.07) is 6.42. The molecule has 0 bridgehead atoms. The molecule has 1 aromatic heterocycles. The minimum absolute atomic E-state index is 0.594. The number of nitrogens with two attached hydrogens (primary N) is 1. The molecule has 0 radical (unpaired) electrons. The number of nitrogens with one attached hydrogen (secondary N) is 1. The Bertz CT molecular complexity index is 538. The average Bonchev–Trinajstić information content (AvgIpc) is 2.87. The molecule has 2 heterocycles. The van der Waals surface area contributed by atoms with Gasteiger partial charge >= 0.3 is 0 Å². The molecule has 0 spiro atoms. The zero-order valence-corrected chi connectivity index (χ0v) is 10.8. The molecule has 1 aromatic carbocycles. The Morgan fingerprint density at radius 2 is 1.94 bits per heavy atom. The van der Waals surface area contributed by atoms with Crippen molar-refractivity contribution in [3.63, 3.8) is 0 Å². The van der Waals surface area contributed by atoms with E-state index in [9.17, 15) is 0 Å². The lowest BCUT2D eigenvalue weighted by Crippen LogP contribution is -2.45. The lowest BCUT2D eigenvalue weighted by Gasteiger charge is -2.35. The SMILES string of the molecule is CN1CCN(c2c(CN)ccc3cc[nH]c23)CC1. The maximum atomic E-state index is 5.89. The van der Waals surface area contributed by atoms with Gasteiger partial charge in [0.25, 0.3) is 0 Å². The van der Waals surface area contributed by atoms with Crippen molar-refractivity contribution >= 4 is 16.6 Å². The van der Waals surface area contributed by atoms with Crippen LogP contribution in [0.2, 0.25) is 0 Å². The van der Waals surface area contributed by atoms with E-state index in [1.54, 1.807) is 0 Å². The third-order valence-electron chi connectivity index (χ3n) is 3.82. The molecule has 1 saturated heterocycles. The number of aromatic nitrogens is 1. The standard InChI is InChI=1S/C14H20N4/c1-17-6-8-18(9-7-17)14-12(10-15)3-2-11-4-5-16-13(11)14/h2-5,16H,6-10,15H2,1H3. The summed E-state index contributed by atoms with van der Waals surface area (Å²) in [5.41, 5.74) is 9.65. The van der Waals surface area contributed by atoms with E-state index in [0.717, 1.165) is 26.2 Å². The first kappa shape index (κ1) is 11.6. The molecule has 3 N–H and O–H groups in total. The molecule has 0 saturated carbocycles. The zero-order valence-electron chi connectivity index (χ0n) is 10.8. The van der Waals surface area contributed by atoms with Crippen molar-refractivity contribution in [1.29, 1.82) is 0 Å². The zero-order chi connectivity index (χ0) is 12.5. The normalized spacial score (nSPS) is 17.6. The summed E-state index contributed by atoms with van der Waals surface area (Å²) in [5.74, 6) is 0. The van der Waals surface area contributed by atoms with Crippen LogP contribution in [0.3, 0.4) is 0 Å². The van der Waals surface area contributed by atoms with Gasteiger partial charge in [-0.1, -0.05) is 12.1 Å². The van der Waals surface area contributed by atoms with Crippen LogP contribution in [0.25, 0.3) is 10.9 Å². The number of hydrogen-bond acceptors (Lipinski definition) is 3. The summed E-state index contributed by atoms with van der Waals surface area (Å²) >= 11 is 0. The minimum Gasteiger partial charge on any atom is -0.367 e. The van der Waals surface area contributed by atoms with E-state index >= 15 is 0 Å². The third-order valence-corrected chi connectivity index (χ3v) is 3.82. The lowest BCUT2D eigenvalue weighted by atomic mass is 10.1. The maximum Gasteiger partial charge on any atom is 0.0695 e. The van der Waals surface area contributed by atoms with E-state index in [0.29, 0.717) is 6.54 Å². The Labute approximate surface area is 107 Å². The van der Waals surface area contributed by atoms with Gasteiger partial charge in [-0.2, -0.15) is 0 Å². The predicted octanol–water partition coefficient (Wildman–Crippen LogP) is 1.38. The number of anilines is 1. The maximum absolute atomic E-state index is 5.89. The van der Waals surface area contributed by atoms with E-state index in [1.165, 1.54) is 22.2 Å². The van der Waals surface area contributed by atoms with Crippen LogP contribution < -0.4 is 10.6 Å². The van der Waals surface area contributed by atoms with Crippen LogP contribution in [-0.2, 0) is 6.54 Å². The number of benzene rings is 1. The van der Waals surface area contributed by atoms with Gasteiger partial charge in [0.1, 0.15) is 0 Å². The number of nitrogens with zero attached hydrogens (tertiary/aromatic N) is 2. The molecular formula is C14H20N4. The summed E-state index contributed by atoms with van der Waals surface area (Å²) in [6.07, 6.45) is 2.00. The molecule has 4 heteroatoms. The fourth-order valence-electron chi connectivity index (χ4n) is 2.71. The largest absolute Gasteiger partial charge is 0.367 e. The van der Waals surface area contributed by atoms with Gasteiger partial charge in [0, 0.05) is 44.3 Å². The first-order valence-corrected chi connectivity index (χ1v) is 6.52. The number of likely N-dealkylation sites (N-methyl/N-ethyl adjacent to an activating group) is 1. The summed E-state index contributed by atoms with van der Waals surface area (Å²) in [5, 5.41) is 1.26. The number of hydrogen-bond donors (Lipinski definition) is 2. The third kappa shape index (κ3) is 1.87. The van der Waals surface area contributed by atoms with Gasteiger partial charge in [-0.15, -0.1) is 0 Å². The second-order valence-corrected chi connectivity index (χ2v) is 5.01. The monoisotopic (exact) mass is 244 g/mol. The van der Waals surface area contributed by atoms with E-state index in [2.05, 4.69) is 40.0 Å². The summed E-state index contributed by atoms with van der Waals surface area (Å²) < 4.78 is 0. The highest BCUT2D eigenvalue weighted by Gasteiger charge is 2.19. The highest BCUT2D eigenvalue weighted by atomic mass is 15.3. The van der Waals surface area contributed by atoms with E-state index in [-0.39, 0.29) is 0 Å². The summed E-state index contributed by atoms with van der Waals surface area (Å²) in [4.78, 5) is 8.19. The summed E-state index contributed by atoms with van der Waals surface area (Å²) in [6.45, 7) is 4.96. The second-order valence-electron chi connectivity index (χ2n) is 5.01. The van der Waals surface area contributed by atoms with E-state index < -0.39 is 0 Å². The molecule has 1 fully saturated rings. The molecule has 96 valence electrons. The van der Waals surface area contributed by atoms with Crippen molar-refractivity contribution in [3.05, 3.63) is 30.0 Å². The van der Waals surface area contributed by atoms with Gasteiger partial charge in [0.05, 0.1) is 11.2 Å². The van der Waals surface area contributed by atoms with Gasteiger partial charge in [-0.25, -0.2) is 0 Å². The molecule has 0 aliphatic carbocycles. The van der Waals surface area contributed by atoms with E-state index in [4.69, 9.17) is 5.73 Å². The summed E-state index contributed by atoms with van der Waals surface area (Å²) in [7, 11) is 2.18. The number of H-pyrrole nitrogens is 1. The van der Waals surface area contributed by atoms with Gasteiger partial charge in [-0.05, 0) is 18.7 Å². The Morgan fingerprint density at radius 3 is 2.67 bits per heavy atom. The average molecular weight is 244 g/mol. The Morgan fingerprint density at radius 1 is 1.17 bits per heavy atom. The molecule has 2 aromatic rings. The quantitative estimate of drug-likeness (QED) is 0.839. The smallest absolute Gasteiger partial charge is 0.0695 e. The van der Waals surface area contributed by atoms with Crippen molar-refractivity contribution in [3.8, 4) is 0 Å². The van der Waals surface area contributed by atoms with Crippen LogP contribution in [0.1, 0.15) is 5.56 Å². The topological polar surface area (TPSA) is 48.3 Å². The minimum atomic E-state index is 0.594. The van der Waals surface area contributed by atoms with E-state index in [1.807, 2.05) is 6.20 Å². The molecule has 0 atom stereocenters. The number of rotatable bonds is 2. The van der Waals surface area contributed by atoms with Crippen LogP contribution in [0.5, 0.6) is 0 Å². The Kier molecular flexibility index (Phi) is 2.97. The Balaban J connectivity index is 2.05. The molecule has 0 amide bonds. The predicted molar refractivity (Wildman–Crippen MR) is 75.9 cm³/mol. The van der Waals surface area contributed by atoms with Crippen LogP contribution in [-0.4, -0.2) is 43.1 Å². The fourth-order valence-corrected chi connectivity index (χ4v) is 2.71. The fraction of sp³-hybridized carbons (Fsp3) is 0.429. The van der Waals surface area contributed by atoms with Crippen molar-refractivity contribution in [2.45, 2.75) is 6.54 Å². The van der Waals surface area contributed by atoms with Crippen molar-refractivity contribution < 1.29 is 0 Å². The Hall–Kier alpha value is -1.52. The first-order chi connectivity index (χ1) is 8.79. The van der Waals surface area contributed by atoms with Gasteiger partial charge < -0.3 is 20.5 Å². The molecular weight excluding hydrogens is 224 g/mol. The molecule has 4 nitrogen and oxygen atoms in total. The molecule has 0 unspecified atom stereocenters. The molecule has 3 rings (SSSR count). The van der Waals surface area contributed by atoms with Crippen LogP contribution in [0.15, 0.2) is 24.4 Å². The number of piperazine rings is 1. The molecule has 18 heavy (non-hydrogen) atoms. The van der Waals surface area contributed by atoms with Crippen LogP contribution in [0.4, 0.5) is 5.69 Å². The number of fused-ring (bicyclic) bond motifs is 1. The van der Waals surface area contributed by atoms with Gasteiger partial charge in [0.15, 0.2) is 0 Å². The number of aromatic amines is 1. The van der Waals surface area contributed by atoms with Gasteiger partial charge in [0.2, 0.25) is 0 Å². The van der Waals surface area contributed by atoms with Crippen molar-refractivity contribution in [1.82, 2.24) is 9.88 Å². The van der Waals surface area contributed by atoms with Crippen molar-refractivity contribution in [2.75, 3.05) is 38.1 Å². The van der Waals surface area contributed by atoms with Crippen LogP contribution in [0, 0.1) is 0 Å². The highest BCUT2D eigenvalue weighted by molar-refractivity contribution is 5.93. The molecule has 1 aliphatic rings. The molecule has 1 aliphatic heterocycles. The highest BCUT2D eigenvalue weighted by Crippen LogP contribution is 2.30.